The van der Waals surface area contributed by atoms with E-state index in [1.54, 1.807) is 0 Å². The molecule has 110 valence electrons. The average molecular weight is 282 g/mol. The van der Waals surface area contributed by atoms with Gasteiger partial charge in [0.1, 0.15) is 5.54 Å². The number of benzene rings is 1. The third-order valence-electron chi connectivity index (χ3n) is 3.01. The van der Waals surface area contributed by atoms with Crippen molar-refractivity contribution < 1.29 is 13.5 Å². The zero-order valence-corrected chi connectivity index (χ0v) is 11.9. The number of hydrogen-bond acceptors (Lipinski definition) is 3. The monoisotopic (exact) mass is 282 g/mol. The molecule has 0 heterocycles. The summed E-state index contributed by atoms with van der Waals surface area (Å²) < 4.78 is 31.5. The Labute approximate surface area is 118 Å². The number of hydrogen-bond donors (Lipinski definition) is 1. The number of nitriles is 1. The Morgan fingerprint density at radius 3 is 2.80 bits per heavy atom. The van der Waals surface area contributed by atoms with Crippen LogP contribution in [0.25, 0.3) is 0 Å². The Kier molecular flexibility index (Phi) is 6.40. The van der Waals surface area contributed by atoms with Crippen LogP contribution < -0.4 is 10.1 Å². The third kappa shape index (κ3) is 4.78. The molecular weight excluding hydrogens is 262 g/mol. The Balaban J connectivity index is 2.41. The van der Waals surface area contributed by atoms with Crippen LogP contribution in [-0.4, -0.2) is 18.7 Å². The molecule has 1 aromatic rings. The highest BCUT2D eigenvalue weighted by atomic mass is 19.2. The number of rotatable bonds is 8. The maximum absolute atomic E-state index is 13.3. The van der Waals surface area contributed by atoms with Gasteiger partial charge in [-0.3, -0.25) is 5.32 Å². The second kappa shape index (κ2) is 7.81. The van der Waals surface area contributed by atoms with Crippen molar-refractivity contribution in [1.29, 1.82) is 5.26 Å². The van der Waals surface area contributed by atoms with Gasteiger partial charge in [-0.2, -0.15) is 9.65 Å². The predicted octanol–water partition coefficient (Wildman–Crippen LogP) is 3.41. The molecule has 0 aliphatic rings. The highest BCUT2D eigenvalue weighted by molar-refractivity contribution is 5.24. The Hall–Kier alpha value is -1.67. The van der Waals surface area contributed by atoms with E-state index < -0.39 is 17.2 Å². The number of nitrogens with zero attached hydrogens (tertiary/aromatic N) is 1. The molecule has 0 aliphatic carbocycles. The first kappa shape index (κ1) is 16.4. The molecule has 1 unspecified atom stereocenters. The van der Waals surface area contributed by atoms with E-state index in [9.17, 15) is 8.78 Å². The van der Waals surface area contributed by atoms with Gasteiger partial charge >= 0.3 is 0 Å². The van der Waals surface area contributed by atoms with Crippen LogP contribution in [0.5, 0.6) is 5.75 Å². The molecule has 1 aromatic carbocycles. The summed E-state index contributed by atoms with van der Waals surface area (Å²) in [7, 11) is 0. The van der Waals surface area contributed by atoms with Gasteiger partial charge < -0.3 is 4.74 Å². The van der Waals surface area contributed by atoms with E-state index in [0.29, 0.717) is 12.8 Å². The van der Waals surface area contributed by atoms with Gasteiger partial charge in [0.15, 0.2) is 11.6 Å². The fraction of sp³-hybridized carbons (Fsp3) is 0.533. The van der Waals surface area contributed by atoms with Gasteiger partial charge in [0, 0.05) is 0 Å². The van der Waals surface area contributed by atoms with Crippen LogP contribution in [-0.2, 0) is 0 Å². The summed E-state index contributed by atoms with van der Waals surface area (Å²) in [5.74, 6) is -1.99. The van der Waals surface area contributed by atoms with E-state index in [0.717, 1.165) is 19.0 Å². The number of nitrogens with one attached hydrogen (secondary N) is 1. The second-order valence-electron chi connectivity index (χ2n) is 4.87. The summed E-state index contributed by atoms with van der Waals surface area (Å²) >= 11 is 0. The molecule has 1 N–H and O–H groups in total. The maximum atomic E-state index is 13.3. The fourth-order valence-electron chi connectivity index (χ4n) is 1.79. The molecule has 3 nitrogen and oxygen atoms in total. The van der Waals surface area contributed by atoms with E-state index in [-0.39, 0.29) is 12.4 Å². The summed E-state index contributed by atoms with van der Waals surface area (Å²) in [5, 5.41) is 12.3. The van der Waals surface area contributed by atoms with E-state index in [1.165, 1.54) is 12.1 Å². The van der Waals surface area contributed by atoms with E-state index >= 15 is 0 Å². The SMILES string of the molecule is CCCNC(C)(C#N)CCCOc1cccc(F)c1F. The number of ether oxygens (including phenoxy) is 1. The second-order valence-corrected chi connectivity index (χ2v) is 4.87. The molecule has 20 heavy (non-hydrogen) atoms. The van der Waals surface area contributed by atoms with Crippen LogP contribution in [0, 0.1) is 23.0 Å². The third-order valence-corrected chi connectivity index (χ3v) is 3.01. The molecule has 0 saturated carbocycles. The molecule has 1 atom stereocenters. The summed E-state index contributed by atoms with van der Waals surface area (Å²) in [6, 6.07) is 6.06. The number of halogens is 2. The molecule has 0 bridgehead atoms. The molecular formula is C15H20F2N2O. The van der Waals surface area contributed by atoms with Gasteiger partial charge in [-0.05, 0) is 44.9 Å². The predicted molar refractivity (Wildman–Crippen MR) is 73.4 cm³/mol. The molecule has 0 amide bonds. The quantitative estimate of drug-likeness (QED) is 0.743. The molecule has 0 fully saturated rings. The first-order valence-electron chi connectivity index (χ1n) is 6.75. The molecule has 5 heteroatoms. The van der Waals surface area contributed by atoms with Crippen LogP contribution in [0.1, 0.15) is 33.1 Å². The summed E-state index contributed by atoms with van der Waals surface area (Å²) in [5.41, 5.74) is -0.611. The lowest BCUT2D eigenvalue weighted by atomic mass is 9.98. The molecule has 0 aliphatic heterocycles. The highest BCUT2D eigenvalue weighted by Gasteiger charge is 2.22. The maximum Gasteiger partial charge on any atom is 0.200 e. The van der Waals surface area contributed by atoms with Gasteiger partial charge in [-0.1, -0.05) is 13.0 Å². The summed E-state index contributed by atoms with van der Waals surface area (Å²) in [6.45, 7) is 4.86. The lowest BCUT2D eigenvalue weighted by Crippen LogP contribution is -2.41. The smallest absolute Gasteiger partial charge is 0.200 e. The van der Waals surface area contributed by atoms with Crippen molar-refractivity contribution >= 4 is 0 Å². The molecule has 0 radical (unpaired) electrons. The van der Waals surface area contributed by atoms with Crippen LogP contribution in [0.4, 0.5) is 8.78 Å². The van der Waals surface area contributed by atoms with Crippen molar-refractivity contribution in [2.45, 2.75) is 38.6 Å². The first-order chi connectivity index (χ1) is 9.52. The Bertz CT molecular complexity index is 473. The summed E-state index contributed by atoms with van der Waals surface area (Å²) in [4.78, 5) is 0. The Morgan fingerprint density at radius 2 is 2.15 bits per heavy atom. The standard InChI is InChI=1S/C15H20F2N2O/c1-3-9-19-15(2,11-18)8-5-10-20-13-7-4-6-12(16)14(13)17/h4,6-7,19H,3,5,8-10H2,1-2H3. The minimum atomic E-state index is -0.973. The molecule has 1 rings (SSSR count). The van der Waals surface area contributed by atoms with Crippen molar-refractivity contribution in [3.63, 3.8) is 0 Å². The largest absolute Gasteiger partial charge is 0.490 e. The highest BCUT2D eigenvalue weighted by Crippen LogP contribution is 2.20. The van der Waals surface area contributed by atoms with E-state index in [2.05, 4.69) is 11.4 Å². The van der Waals surface area contributed by atoms with E-state index in [1.807, 2.05) is 13.8 Å². The minimum absolute atomic E-state index is 0.0924. The van der Waals surface area contributed by atoms with Crippen molar-refractivity contribution in [3.05, 3.63) is 29.8 Å². The average Bonchev–Trinajstić information content (AvgIpc) is 2.45. The van der Waals surface area contributed by atoms with Crippen LogP contribution in [0.15, 0.2) is 18.2 Å². The normalized spacial score (nSPS) is 13.6. The van der Waals surface area contributed by atoms with Crippen LogP contribution >= 0.6 is 0 Å². The molecule has 0 spiro atoms. The first-order valence-corrected chi connectivity index (χ1v) is 6.75. The lowest BCUT2D eigenvalue weighted by Gasteiger charge is -2.23. The zero-order chi connectivity index (χ0) is 15.0. The van der Waals surface area contributed by atoms with Gasteiger partial charge in [0.2, 0.25) is 5.82 Å². The topological polar surface area (TPSA) is 45.0 Å². The zero-order valence-electron chi connectivity index (χ0n) is 11.9. The fourth-order valence-corrected chi connectivity index (χ4v) is 1.79. The van der Waals surface area contributed by atoms with Crippen LogP contribution in [0.3, 0.4) is 0 Å². The lowest BCUT2D eigenvalue weighted by molar-refractivity contribution is 0.270. The van der Waals surface area contributed by atoms with E-state index in [4.69, 9.17) is 10.00 Å². The van der Waals surface area contributed by atoms with Gasteiger partial charge in [0.05, 0.1) is 12.7 Å². The van der Waals surface area contributed by atoms with Crippen LogP contribution in [0.2, 0.25) is 0 Å². The minimum Gasteiger partial charge on any atom is -0.490 e. The van der Waals surface area contributed by atoms with Crippen molar-refractivity contribution in [2.24, 2.45) is 0 Å². The van der Waals surface area contributed by atoms with Gasteiger partial charge in [0.25, 0.3) is 0 Å². The van der Waals surface area contributed by atoms with Crippen molar-refractivity contribution in [2.75, 3.05) is 13.2 Å². The van der Waals surface area contributed by atoms with Gasteiger partial charge in [-0.15, -0.1) is 0 Å². The molecule has 0 aromatic heterocycles. The van der Waals surface area contributed by atoms with Crippen molar-refractivity contribution in [1.82, 2.24) is 5.32 Å². The van der Waals surface area contributed by atoms with Gasteiger partial charge in [-0.25, -0.2) is 4.39 Å². The Morgan fingerprint density at radius 1 is 1.40 bits per heavy atom. The summed E-state index contributed by atoms with van der Waals surface area (Å²) in [6.07, 6.45) is 2.11. The molecule has 0 saturated heterocycles. The van der Waals surface area contributed by atoms with Crippen molar-refractivity contribution in [3.8, 4) is 11.8 Å².